The number of primary sulfonamides is 1. The molecular formula is C18H23ClN2O4S. The fourth-order valence-electron chi connectivity index (χ4n) is 2.30. The van der Waals surface area contributed by atoms with Crippen LogP contribution in [0.1, 0.15) is 11.1 Å². The molecule has 0 aliphatic carbocycles. The van der Waals surface area contributed by atoms with Gasteiger partial charge in [-0.15, -0.1) is 0 Å². The molecule has 1 atom stereocenters. The summed E-state index contributed by atoms with van der Waals surface area (Å²) < 4.78 is 27.9. The van der Waals surface area contributed by atoms with E-state index < -0.39 is 16.1 Å². The highest BCUT2D eigenvalue weighted by molar-refractivity contribution is 7.89. The summed E-state index contributed by atoms with van der Waals surface area (Å²) in [6.45, 7) is 1.72. The molecule has 0 spiro atoms. The van der Waals surface area contributed by atoms with Crippen molar-refractivity contribution < 1.29 is 18.3 Å². The van der Waals surface area contributed by atoms with Crippen LogP contribution in [0, 0.1) is 0 Å². The fourth-order valence-corrected chi connectivity index (χ4v) is 2.94. The molecule has 2 aromatic rings. The van der Waals surface area contributed by atoms with E-state index in [-0.39, 0.29) is 11.5 Å². The minimum Gasteiger partial charge on any atom is -0.389 e. The van der Waals surface area contributed by atoms with Crippen LogP contribution in [0.4, 0.5) is 0 Å². The van der Waals surface area contributed by atoms with Gasteiger partial charge >= 0.3 is 0 Å². The first kappa shape index (κ1) is 20.8. The number of halogens is 1. The van der Waals surface area contributed by atoms with Gasteiger partial charge in [-0.2, -0.15) is 0 Å². The van der Waals surface area contributed by atoms with E-state index in [1.54, 1.807) is 24.3 Å². The third-order valence-corrected chi connectivity index (χ3v) is 4.90. The van der Waals surface area contributed by atoms with Crippen LogP contribution in [-0.4, -0.2) is 39.3 Å². The van der Waals surface area contributed by atoms with Crippen molar-refractivity contribution in [2.75, 3.05) is 19.7 Å². The number of benzene rings is 2. The Bertz CT molecular complexity index is 780. The predicted molar refractivity (Wildman–Crippen MR) is 102 cm³/mol. The largest absolute Gasteiger partial charge is 0.389 e. The van der Waals surface area contributed by atoms with Crippen LogP contribution in [0.2, 0.25) is 5.02 Å². The summed E-state index contributed by atoms with van der Waals surface area (Å²) in [5.74, 6) is 0. The van der Waals surface area contributed by atoms with Crippen LogP contribution < -0.4 is 10.5 Å². The van der Waals surface area contributed by atoms with Crippen molar-refractivity contribution >= 4 is 21.6 Å². The molecule has 0 heterocycles. The lowest BCUT2D eigenvalue weighted by Crippen LogP contribution is -2.31. The molecule has 8 heteroatoms. The average Bonchev–Trinajstić information content (AvgIpc) is 2.60. The van der Waals surface area contributed by atoms with Gasteiger partial charge < -0.3 is 15.2 Å². The monoisotopic (exact) mass is 398 g/mol. The van der Waals surface area contributed by atoms with E-state index in [9.17, 15) is 13.5 Å². The average molecular weight is 399 g/mol. The highest BCUT2D eigenvalue weighted by Crippen LogP contribution is 2.10. The van der Waals surface area contributed by atoms with Crippen molar-refractivity contribution in [2.24, 2.45) is 5.14 Å². The molecule has 0 fully saturated rings. The molecule has 0 aliphatic rings. The third kappa shape index (κ3) is 7.41. The zero-order chi connectivity index (χ0) is 19.0. The van der Waals surface area contributed by atoms with E-state index in [1.807, 2.05) is 12.1 Å². The van der Waals surface area contributed by atoms with Crippen molar-refractivity contribution in [1.82, 2.24) is 5.32 Å². The first-order valence-electron chi connectivity index (χ1n) is 8.17. The number of ether oxygens (including phenoxy) is 1. The highest BCUT2D eigenvalue weighted by Gasteiger charge is 2.07. The van der Waals surface area contributed by atoms with Crippen molar-refractivity contribution in [3.8, 4) is 0 Å². The first-order chi connectivity index (χ1) is 12.3. The third-order valence-electron chi connectivity index (χ3n) is 3.71. The zero-order valence-corrected chi connectivity index (χ0v) is 15.8. The van der Waals surface area contributed by atoms with Crippen molar-refractivity contribution in [3.63, 3.8) is 0 Å². The number of nitrogens with one attached hydrogen (secondary N) is 1. The van der Waals surface area contributed by atoms with Gasteiger partial charge in [0.1, 0.15) is 0 Å². The van der Waals surface area contributed by atoms with Crippen LogP contribution >= 0.6 is 11.6 Å². The minimum atomic E-state index is -3.66. The van der Waals surface area contributed by atoms with Crippen molar-refractivity contribution in [3.05, 3.63) is 64.7 Å². The molecular weight excluding hydrogens is 376 g/mol. The Hall–Kier alpha value is -1.48. The maximum absolute atomic E-state index is 11.2. The second-order valence-electron chi connectivity index (χ2n) is 5.94. The molecule has 0 radical (unpaired) electrons. The molecule has 6 nitrogen and oxygen atoms in total. The molecule has 4 N–H and O–H groups in total. The molecule has 2 aromatic carbocycles. The SMILES string of the molecule is NS(=O)(=O)c1ccc(CCNC[C@@H](O)COCc2ccc(Cl)cc2)cc1. The van der Waals surface area contributed by atoms with Crippen molar-refractivity contribution in [1.29, 1.82) is 0 Å². The minimum absolute atomic E-state index is 0.0995. The van der Waals surface area contributed by atoms with Gasteiger partial charge in [0.2, 0.25) is 10.0 Å². The summed E-state index contributed by atoms with van der Waals surface area (Å²) in [6.07, 6.45) is 0.107. The van der Waals surface area contributed by atoms with Crippen LogP contribution in [0.3, 0.4) is 0 Å². The number of sulfonamides is 1. The lowest BCUT2D eigenvalue weighted by atomic mass is 10.1. The smallest absolute Gasteiger partial charge is 0.238 e. The number of aliphatic hydroxyl groups excluding tert-OH is 1. The standard InChI is InChI=1S/C18H23ClN2O4S/c19-16-5-1-15(2-6-16)12-25-13-17(22)11-21-10-9-14-3-7-18(8-4-14)26(20,23)24/h1-8,17,21-22H,9-13H2,(H2,20,23,24)/t17-/m1/s1. The van der Waals surface area contributed by atoms with Crippen LogP contribution in [0.25, 0.3) is 0 Å². The molecule has 0 amide bonds. The number of hydrogen-bond donors (Lipinski definition) is 3. The molecule has 0 saturated heterocycles. The van der Waals surface area contributed by atoms with Gasteiger partial charge in [0, 0.05) is 11.6 Å². The van der Waals surface area contributed by atoms with Crippen LogP contribution in [0.5, 0.6) is 0 Å². The lowest BCUT2D eigenvalue weighted by Gasteiger charge is -2.12. The Labute approximate surface area is 159 Å². The first-order valence-corrected chi connectivity index (χ1v) is 10.1. The molecule has 0 aromatic heterocycles. The summed E-state index contributed by atoms with van der Waals surface area (Å²) in [5.41, 5.74) is 1.98. The fraction of sp³-hybridized carbons (Fsp3) is 0.333. The van der Waals surface area contributed by atoms with Crippen LogP contribution in [-0.2, 0) is 27.8 Å². The van der Waals surface area contributed by atoms with Gasteiger partial charge in [0.15, 0.2) is 0 Å². The maximum Gasteiger partial charge on any atom is 0.238 e. The summed E-state index contributed by atoms with van der Waals surface area (Å²) in [5, 5.41) is 18.8. The maximum atomic E-state index is 11.2. The van der Waals surface area contributed by atoms with E-state index in [2.05, 4.69) is 5.32 Å². The van der Waals surface area contributed by atoms with E-state index >= 15 is 0 Å². The lowest BCUT2D eigenvalue weighted by molar-refractivity contribution is 0.0290. The Morgan fingerprint density at radius 3 is 2.31 bits per heavy atom. The highest BCUT2D eigenvalue weighted by atomic mass is 35.5. The quantitative estimate of drug-likeness (QED) is 0.529. The summed E-state index contributed by atoms with van der Waals surface area (Å²) >= 11 is 5.82. The van der Waals surface area contributed by atoms with Gasteiger partial charge in [0.05, 0.1) is 24.2 Å². The molecule has 2 rings (SSSR count). The Kier molecular flexibility index (Phi) is 8.02. The van der Waals surface area contributed by atoms with Gasteiger partial charge in [-0.05, 0) is 48.4 Å². The normalized spacial score (nSPS) is 12.9. The van der Waals surface area contributed by atoms with E-state index in [0.717, 1.165) is 11.1 Å². The molecule has 0 bridgehead atoms. The molecule has 0 aliphatic heterocycles. The van der Waals surface area contributed by atoms with E-state index in [0.29, 0.717) is 31.1 Å². The topological polar surface area (TPSA) is 102 Å². The zero-order valence-electron chi connectivity index (χ0n) is 14.3. The van der Waals surface area contributed by atoms with Gasteiger partial charge in [-0.25, -0.2) is 13.6 Å². The number of hydrogen-bond acceptors (Lipinski definition) is 5. The molecule has 142 valence electrons. The number of rotatable bonds is 10. The second kappa shape index (κ2) is 10.0. The number of aliphatic hydroxyl groups is 1. The summed E-state index contributed by atoms with van der Waals surface area (Å²) in [4.78, 5) is 0.0995. The Balaban J connectivity index is 1.61. The van der Waals surface area contributed by atoms with Crippen molar-refractivity contribution in [2.45, 2.75) is 24.0 Å². The Morgan fingerprint density at radius 1 is 1.08 bits per heavy atom. The summed E-state index contributed by atoms with van der Waals surface area (Å²) in [7, 11) is -3.66. The molecule has 26 heavy (non-hydrogen) atoms. The van der Waals surface area contributed by atoms with Gasteiger partial charge in [-0.1, -0.05) is 35.9 Å². The van der Waals surface area contributed by atoms with E-state index in [4.69, 9.17) is 21.5 Å². The predicted octanol–water partition coefficient (Wildman–Crippen LogP) is 1.70. The van der Waals surface area contributed by atoms with E-state index in [1.165, 1.54) is 12.1 Å². The second-order valence-corrected chi connectivity index (χ2v) is 7.94. The number of nitrogens with two attached hydrogens (primary N) is 1. The summed E-state index contributed by atoms with van der Waals surface area (Å²) in [6, 6.07) is 13.8. The molecule has 0 saturated carbocycles. The Morgan fingerprint density at radius 2 is 1.69 bits per heavy atom. The molecule has 0 unspecified atom stereocenters. The van der Waals surface area contributed by atoms with Gasteiger partial charge in [-0.3, -0.25) is 0 Å². The van der Waals surface area contributed by atoms with Crippen LogP contribution in [0.15, 0.2) is 53.4 Å². The van der Waals surface area contributed by atoms with Gasteiger partial charge in [0.25, 0.3) is 0 Å².